The molecule has 4 heteroatoms. The molecule has 0 saturated carbocycles. The summed E-state index contributed by atoms with van der Waals surface area (Å²) in [5.41, 5.74) is 0.762. The highest BCUT2D eigenvalue weighted by Gasteiger charge is 2.24. The van der Waals surface area contributed by atoms with E-state index in [0.717, 1.165) is 23.5 Å². The molecule has 17 heavy (non-hydrogen) atoms. The molecule has 1 amide bonds. The van der Waals surface area contributed by atoms with Crippen molar-refractivity contribution in [2.45, 2.75) is 18.4 Å². The molecule has 1 aromatic rings. The molecule has 1 saturated heterocycles. The molecule has 0 radical (unpaired) electrons. The number of nitriles is 1. The van der Waals surface area contributed by atoms with Crippen LogP contribution in [0.3, 0.4) is 0 Å². The topological polar surface area (TPSA) is 52.9 Å². The molecule has 3 nitrogen and oxygen atoms in total. The number of nitrogens with one attached hydrogen (secondary N) is 1. The maximum Gasteiger partial charge on any atom is 0.242 e. The molecule has 1 heterocycles. The van der Waals surface area contributed by atoms with E-state index in [-0.39, 0.29) is 11.9 Å². The molecule has 1 fully saturated rings. The number of carbonyl (C=O) groups is 1. The minimum Gasteiger partial charge on any atom is -0.351 e. The Morgan fingerprint density at radius 2 is 2.24 bits per heavy atom. The van der Waals surface area contributed by atoms with Crippen molar-refractivity contribution in [3.8, 4) is 6.07 Å². The van der Waals surface area contributed by atoms with Crippen molar-refractivity contribution >= 4 is 17.7 Å². The summed E-state index contributed by atoms with van der Waals surface area (Å²) in [6, 6.07) is 11.5. The zero-order valence-electron chi connectivity index (χ0n) is 9.43. The van der Waals surface area contributed by atoms with E-state index >= 15 is 0 Å². The third kappa shape index (κ3) is 3.01. The standard InChI is InChI=1S/C13H14N2OS/c14-8-12(10-4-2-1-3-5-10)13(16)15-11-6-7-17-9-11/h1-5,11-12H,6-7,9H2,(H,15,16). The second kappa shape index (κ2) is 5.74. The van der Waals surface area contributed by atoms with Gasteiger partial charge in [0.2, 0.25) is 5.91 Å². The number of rotatable bonds is 3. The number of amides is 1. The molecular formula is C13H14N2OS. The van der Waals surface area contributed by atoms with Crippen molar-refractivity contribution in [1.82, 2.24) is 5.32 Å². The Morgan fingerprint density at radius 3 is 2.82 bits per heavy atom. The van der Waals surface area contributed by atoms with Gasteiger partial charge in [-0.25, -0.2) is 0 Å². The predicted octanol–water partition coefficient (Wildman–Crippen LogP) is 1.92. The molecule has 1 aliphatic heterocycles. The second-order valence-corrected chi connectivity index (χ2v) is 5.19. The average Bonchev–Trinajstić information content (AvgIpc) is 2.84. The third-order valence-electron chi connectivity index (χ3n) is 2.80. The van der Waals surface area contributed by atoms with Crippen molar-refractivity contribution < 1.29 is 4.79 Å². The van der Waals surface area contributed by atoms with Crippen LogP contribution in [-0.2, 0) is 4.79 Å². The zero-order valence-corrected chi connectivity index (χ0v) is 10.2. The lowest BCUT2D eigenvalue weighted by molar-refractivity contribution is -0.121. The van der Waals surface area contributed by atoms with Crippen LogP contribution in [0.4, 0.5) is 0 Å². The lowest BCUT2D eigenvalue weighted by Crippen LogP contribution is -2.37. The van der Waals surface area contributed by atoms with Crippen LogP contribution in [0.1, 0.15) is 17.9 Å². The van der Waals surface area contributed by atoms with Gasteiger partial charge in [-0.05, 0) is 17.7 Å². The van der Waals surface area contributed by atoms with Crippen molar-refractivity contribution in [3.05, 3.63) is 35.9 Å². The van der Waals surface area contributed by atoms with Gasteiger partial charge in [0.1, 0.15) is 5.92 Å². The van der Waals surface area contributed by atoms with Crippen LogP contribution >= 0.6 is 11.8 Å². The van der Waals surface area contributed by atoms with Gasteiger partial charge in [0, 0.05) is 11.8 Å². The van der Waals surface area contributed by atoms with E-state index < -0.39 is 5.92 Å². The van der Waals surface area contributed by atoms with Gasteiger partial charge in [0.25, 0.3) is 0 Å². The van der Waals surface area contributed by atoms with Crippen LogP contribution in [0.5, 0.6) is 0 Å². The molecule has 1 N–H and O–H groups in total. The summed E-state index contributed by atoms with van der Waals surface area (Å²) in [7, 11) is 0. The number of carbonyl (C=O) groups excluding carboxylic acids is 1. The Labute approximate surface area is 105 Å². The van der Waals surface area contributed by atoms with Crippen molar-refractivity contribution in [2.75, 3.05) is 11.5 Å². The normalized spacial score (nSPS) is 20.5. The minimum atomic E-state index is -0.693. The number of nitrogens with zero attached hydrogens (tertiary/aromatic N) is 1. The van der Waals surface area contributed by atoms with Crippen molar-refractivity contribution in [1.29, 1.82) is 5.26 Å². The van der Waals surface area contributed by atoms with Gasteiger partial charge >= 0.3 is 0 Å². The molecule has 1 aromatic carbocycles. The largest absolute Gasteiger partial charge is 0.351 e. The lowest BCUT2D eigenvalue weighted by atomic mass is 9.99. The van der Waals surface area contributed by atoms with Gasteiger partial charge in [-0.1, -0.05) is 30.3 Å². The Morgan fingerprint density at radius 1 is 1.47 bits per heavy atom. The number of thioether (sulfide) groups is 1. The summed E-state index contributed by atoms with van der Waals surface area (Å²) in [4.78, 5) is 12.0. The van der Waals surface area contributed by atoms with Crippen LogP contribution in [0, 0.1) is 11.3 Å². The number of hydrogen-bond donors (Lipinski definition) is 1. The monoisotopic (exact) mass is 246 g/mol. The number of benzene rings is 1. The Balaban J connectivity index is 2.03. The quantitative estimate of drug-likeness (QED) is 0.886. The summed E-state index contributed by atoms with van der Waals surface area (Å²) in [5, 5.41) is 12.1. The van der Waals surface area contributed by atoms with Gasteiger partial charge in [0.15, 0.2) is 0 Å². The van der Waals surface area contributed by atoms with E-state index in [1.807, 2.05) is 42.1 Å². The highest BCUT2D eigenvalue weighted by molar-refractivity contribution is 7.99. The van der Waals surface area contributed by atoms with Crippen LogP contribution in [0.15, 0.2) is 30.3 Å². The Bertz CT molecular complexity index is 421. The summed E-state index contributed by atoms with van der Waals surface area (Å²) in [6.45, 7) is 0. The molecule has 0 aliphatic carbocycles. The van der Waals surface area contributed by atoms with Gasteiger partial charge in [0.05, 0.1) is 6.07 Å². The molecule has 1 aliphatic rings. The Hall–Kier alpha value is -1.47. The van der Waals surface area contributed by atoms with Gasteiger partial charge in [-0.3, -0.25) is 4.79 Å². The first kappa shape index (κ1) is 12.0. The highest BCUT2D eigenvalue weighted by atomic mass is 32.2. The fraction of sp³-hybridized carbons (Fsp3) is 0.385. The smallest absolute Gasteiger partial charge is 0.242 e. The first-order valence-electron chi connectivity index (χ1n) is 5.64. The first-order chi connectivity index (χ1) is 8.31. The van der Waals surface area contributed by atoms with E-state index in [1.165, 1.54) is 0 Å². The average molecular weight is 246 g/mol. The first-order valence-corrected chi connectivity index (χ1v) is 6.79. The SMILES string of the molecule is N#CC(C(=O)NC1CCSC1)c1ccccc1. The van der Waals surface area contributed by atoms with Gasteiger partial charge in [-0.15, -0.1) is 0 Å². The third-order valence-corrected chi connectivity index (χ3v) is 3.96. The zero-order chi connectivity index (χ0) is 12.1. The van der Waals surface area contributed by atoms with E-state index in [4.69, 9.17) is 5.26 Å². The van der Waals surface area contributed by atoms with Crippen LogP contribution < -0.4 is 5.32 Å². The predicted molar refractivity (Wildman–Crippen MR) is 68.7 cm³/mol. The molecule has 2 rings (SSSR count). The van der Waals surface area contributed by atoms with E-state index in [2.05, 4.69) is 11.4 Å². The molecule has 0 spiro atoms. The van der Waals surface area contributed by atoms with E-state index in [9.17, 15) is 4.79 Å². The molecule has 88 valence electrons. The summed E-state index contributed by atoms with van der Waals surface area (Å²) >= 11 is 1.84. The maximum atomic E-state index is 12.0. The lowest BCUT2D eigenvalue weighted by Gasteiger charge is -2.14. The van der Waals surface area contributed by atoms with Gasteiger partial charge in [-0.2, -0.15) is 17.0 Å². The van der Waals surface area contributed by atoms with Crippen LogP contribution in [-0.4, -0.2) is 23.5 Å². The molecule has 0 bridgehead atoms. The Kier molecular flexibility index (Phi) is 4.05. The van der Waals surface area contributed by atoms with Crippen molar-refractivity contribution in [3.63, 3.8) is 0 Å². The molecule has 0 aromatic heterocycles. The van der Waals surface area contributed by atoms with Crippen LogP contribution in [0.25, 0.3) is 0 Å². The summed E-state index contributed by atoms with van der Waals surface area (Å²) < 4.78 is 0. The molecule has 2 atom stereocenters. The fourth-order valence-electron chi connectivity index (χ4n) is 1.86. The van der Waals surface area contributed by atoms with E-state index in [1.54, 1.807) is 0 Å². The summed E-state index contributed by atoms with van der Waals surface area (Å²) in [6.07, 6.45) is 1.00. The molecule has 2 unspecified atom stereocenters. The minimum absolute atomic E-state index is 0.175. The molecular weight excluding hydrogens is 232 g/mol. The number of hydrogen-bond acceptors (Lipinski definition) is 3. The second-order valence-electron chi connectivity index (χ2n) is 4.04. The highest BCUT2D eigenvalue weighted by Crippen LogP contribution is 2.19. The van der Waals surface area contributed by atoms with Crippen LogP contribution in [0.2, 0.25) is 0 Å². The fourth-order valence-corrected chi connectivity index (χ4v) is 3.02. The van der Waals surface area contributed by atoms with Gasteiger partial charge < -0.3 is 5.32 Å². The van der Waals surface area contributed by atoms with Crippen molar-refractivity contribution in [2.24, 2.45) is 0 Å². The maximum absolute atomic E-state index is 12.0. The summed E-state index contributed by atoms with van der Waals surface area (Å²) in [5.74, 6) is 1.18. The van der Waals surface area contributed by atoms with E-state index in [0.29, 0.717) is 0 Å².